The molecule has 0 spiro atoms. The van der Waals surface area contributed by atoms with Crippen LogP contribution in [0.15, 0.2) is 15.9 Å². The Balaban J connectivity index is 2.20. The van der Waals surface area contributed by atoms with Crippen molar-refractivity contribution < 1.29 is 0 Å². The smallest absolute Gasteiger partial charge is 0.203 e. The number of nitrogens with one attached hydrogen (secondary N) is 1. The van der Waals surface area contributed by atoms with Gasteiger partial charge in [0.15, 0.2) is 5.82 Å². The van der Waals surface area contributed by atoms with Gasteiger partial charge in [0, 0.05) is 17.1 Å². The van der Waals surface area contributed by atoms with Gasteiger partial charge in [0.25, 0.3) is 0 Å². The van der Waals surface area contributed by atoms with Crippen LogP contribution in [0.2, 0.25) is 0 Å². The quantitative estimate of drug-likeness (QED) is 0.900. The van der Waals surface area contributed by atoms with Crippen LogP contribution in [0.4, 0.5) is 5.13 Å². The van der Waals surface area contributed by atoms with Crippen molar-refractivity contribution in [3.63, 3.8) is 0 Å². The molecule has 0 fully saturated rings. The lowest BCUT2D eigenvalue weighted by Gasteiger charge is -2.18. The number of thiophene rings is 1. The molecule has 0 aliphatic carbocycles. The van der Waals surface area contributed by atoms with E-state index in [0.29, 0.717) is 0 Å². The normalized spacial score (nSPS) is 11.8. The van der Waals surface area contributed by atoms with E-state index in [9.17, 15) is 0 Å². The highest BCUT2D eigenvalue weighted by molar-refractivity contribution is 9.11. The van der Waals surface area contributed by atoms with Crippen molar-refractivity contribution in [2.45, 2.75) is 26.3 Å². The second-order valence-corrected chi connectivity index (χ2v) is 7.62. The number of rotatable bonds is 2. The summed E-state index contributed by atoms with van der Waals surface area (Å²) in [6.07, 6.45) is 0. The van der Waals surface area contributed by atoms with Crippen LogP contribution in [-0.2, 0) is 0 Å². The molecule has 0 saturated heterocycles. The van der Waals surface area contributed by atoms with Crippen molar-refractivity contribution in [1.29, 1.82) is 0 Å². The summed E-state index contributed by atoms with van der Waals surface area (Å²) in [7, 11) is 0. The Morgan fingerprint density at radius 2 is 2.06 bits per heavy atom. The molecular formula is C10H12BrN3S2. The number of anilines is 1. The Labute approximate surface area is 111 Å². The molecule has 6 heteroatoms. The summed E-state index contributed by atoms with van der Waals surface area (Å²) in [5, 5.41) is 4.18. The van der Waals surface area contributed by atoms with Gasteiger partial charge in [-0.3, -0.25) is 0 Å². The molecule has 0 unspecified atom stereocenters. The highest BCUT2D eigenvalue weighted by Crippen LogP contribution is 2.31. The molecule has 0 atom stereocenters. The van der Waals surface area contributed by atoms with Gasteiger partial charge in [-0.1, -0.05) is 0 Å². The molecule has 2 aromatic rings. The molecule has 3 nitrogen and oxygen atoms in total. The zero-order valence-electron chi connectivity index (χ0n) is 9.24. The van der Waals surface area contributed by atoms with E-state index in [2.05, 4.69) is 51.4 Å². The van der Waals surface area contributed by atoms with Crippen LogP contribution in [0.25, 0.3) is 10.7 Å². The van der Waals surface area contributed by atoms with Crippen molar-refractivity contribution in [3.05, 3.63) is 15.9 Å². The van der Waals surface area contributed by atoms with E-state index < -0.39 is 0 Å². The molecule has 16 heavy (non-hydrogen) atoms. The Bertz CT molecular complexity index is 484. The maximum absolute atomic E-state index is 4.47. The van der Waals surface area contributed by atoms with Crippen LogP contribution in [0, 0.1) is 0 Å². The number of halogens is 1. The van der Waals surface area contributed by atoms with Crippen LogP contribution in [-0.4, -0.2) is 14.9 Å². The molecule has 86 valence electrons. The molecule has 0 aliphatic heterocycles. The van der Waals surface area contributed by atoms with Gasteiger partial charge >= 0.3 is 0 Å². The van der Waals surface area contributed by atoms with E-state index >= 15 is 0 Å². The van der Waals surface area contributed by atoms with Crippen molar-refractivity contribution in [3.8, 4) is 10.7 Å². The highest BCUT2D eigenvalue weighted by atomic mass is 79.9. The lowest BCUT2D eigenvalue weighted by atomic mass is 10.1. The van der Waals surface area contributed by atoms with Gasteiger partial charge in [-0.05, 0) is 48.8 Å². The Hall–Kier alpha value is -0.460. The fourth-order valence-corrected chi connectivity index (χ4v) is 3.30. The first kappa shape index (κ1) is 12.0. The number of hydrogen-bond acceptors (Lipinski definition) is 5. The van der Waals surface area contributed by atoms with Gasteiger partial charge in [-0.25, -0.2) is 0 Å². The molecular weight excluding hydrogens is 306 g/mol. The fraction of sp³-hybridized carbons (Fsp3) is 0.400. The van der Waals surface area contributed by atoms with Crippen LogP contribution in [0.5, 0.6) is 0 Å². The third-order valence-electron chi connectivity index (χ3n) is 1.70. The second kappa shape index (κ2) is 4.43. The maximum Gasteiger partial charge on any atom is 0.203 e. The second-order valence-electron chi connectivity index (χ2n) is 4.40. The van der Waals surface area contributed by atoms with Crippen molar-refractivity contribution in [1.82, 2.24) is 9.36 Å². The van der Waals surface area contributed by atoms with E-state index in [-0.39, 0.29) is 5.54 Å². The van der Waals surface area contributed by atoms with Crippen LogP contribution < -0.4 is 5.32 Å². The van der Waals surface area contributed by atoms with Gasteiger partial charge in [-0.2, -0.15) is 9.36 Å². The number of nitrogens with zero attached hydrogens (tertiary/aromatic N) is 2. The van der Waals surface area contributed by atoms with Crippen LogP contribution in [0.1, 0.15) is 20.8 Å². The zero-order valence-corrected chi connectivity index (χ0v) is 12.5. The summed E-state index contributed by atoms with van der Waals surface area (Å²) in [6.45, 7) is 6.32. The molecule has 0 amide bonds. The molecule has 1 N–H and O–H groups in total. The van der Waals surface area contributed by atoms with Gasteiger partial charge in [0.2, 0.25) is 5.13 Å². The highest BCUT2D eigenvalue weighted by Gasteiger charge is 2.14. The van der Waals surface area contributed by atoms with Crippen molar-refractivity contribution >= 4 is 43.9 Å². The largest absolute Gasteiger partial charge is 0.356 e. The zero-order chi connectivity index (χ0) is 11.8. The minimum Gasteiger partial charge on any atom is -0.356 e. The lowest BCUT2D eigenvalue weighted by molar-refractivity contribution is 0.633. The predicted molar refractivity (Wildman–Crippen MR) is 74.3 cm³/mol. The van der Waals surface area contributed by atoms with Gasteiger partial charge in [-0.15, -0.1) is 11.3 Å². The fourth-order valence-electron chi connectivity index (χ4n) is 1.13. The maximum atomic E-state index is 4.47. The van der Waals surface area contributed by atoms with E-state index in [1.807, 2.05) is 12.1 Å². The molecule has 0 aromatic carbocycles. The summed E-state index contributed by atoms with van der Waals surface area (Å²) >= 11 is 6.48. The molecule has 2 heterocycles. The molecule has 0 aliphatic rings. The Morgan fingerprint density at radius 1 is 1.31 bits per heavy atom. The minimum absolute atomic E-state index is 0.0207. The van der Waals surface area contributed by atoms with Gasteiger partial charge < -0.3 is 5.32 Å². The molecule has 2 rings (SSSR count). The molecule has 2 aromatic heterocycles. The van der Waals surface area contributed by atoms with E-state index in [4.69, 9.17) is 0 Å². The third-order valence-corrected chi connectivity index (χ3v) is 3.95. The minimum atomic E-state index is 0.0207. The lowest BCUT2D eigenvalue weighted by Crippen LogP contribution is -2.25. The number of aromatic nitrogens is 2. The van der Waals surface area contributed by atoms with Crippen LogP contribution >= 0.6 is 38.8 Å². The molecule has 0 radical (unpaired) electrons. The number of hydrogen-bond donors (Lipinski definition) is 1. The first-order valence-electron chi connectivity index (χ1n) is 4.82. The van der Waals surface area contributed by atoms with Gasteiger partial charge in [0.05, 0.1) is 8.66 Å². The first-order chi connectivity index (χ1) is 7.44. The standard InChI is InChI=1S/C10H12BrN3S2/c1-10(2,3)13-9-12-8(14-16-9)6-4-5-7(11)15-6/h4-5H,1-3H3,(H,12,13,14). The SMILES string of the molecule is CC(C)(C)Nc1nc(-c2ccc(Br)s2)ns1. The summed E-state index contributed by atoms with van der Waals surface area (Å²) in [5.41, 5.74) is 0.0207. The summed E-state index contributed by atoms with van der Waals surface area (Å²) in [6, 6.07) is 4.04. The predicted octanol–water partition coefficient (Wildman–Crippen LogP) is 4.24. The van der Waals surface area contributed by atoms with E-state index in [1.165, 1.54) is 11.5 Å². The van der Waals surface area contributed by atoms with E-state index in [0.717, 1.165) is 19.6 Å². The molecule has 0 saturated carbocycles. The average molecular weight is 318 g/mol. The van der Waals surface area contributed by atoms with Crippen molar-refractivity contribution in [2.24, 2.45) is 0 Å². The summed E-state index contributed by atoms with van der Waals surface area (Å²) in [5.74, 6) is 0.799. The summed E-state index contributed by atoms with van der Waals surface area (Å²) in [4.78, 5) is 5.55. The first-order valence-corrected chi connectivity index (χ1v) is 7.20. The average Bonchev–Trinajstić information content (AvgIpc) is 2.71. The topological polar surface area (TPSA) is 37.8 Å². The Morgan fingerprint density at radius 3 is 2.62 bits per heavy atom. The monoisotopic (exact) mass is 317 g/mol. The third kappa shape index (κ3) is 3.02. The van der Waals surface area contributed by atoms with Crippen molar-refractivity contribution in [2.75, 3.05) is 5.32 Å². The van der Waals surface area contributed by atoms with Crippen LogP contribution in [0.3, 0.4) is 0 Å². The van der Waals surface area contributed by atoms with E-state index in [1.54, 1.807) is 11.3 Å². The van der Waals surface area contributed by atoms with Gasteiger partial charge in [0.1, 0.15) is 0 Å². The Kier molecular flexibility index (Phi) is 3.32. The molecule has 0 bridgehead atoms. The summed E-state index contributed by atoms with van der Waals surface area (Å²) < 4.78 is 5.44.